The molecule has 0 aromatic heterocycles. The average Bonchev–Trinajstić information content (AvgIpc) is 2.52. The van der Waals surface area contributed by atoms with Gasteiger partial charge >= 0.3 is 0 Å². The Hall–Kier alpha value is -1.44. The first kappa shape index (κ1) is 16.9. The molecule has 0 aliphatic carbocycles. The van der Waals surface area contributed by atoms with Crippen molar-refractivity contribution in [1.29, 1.82) is 0 Å². The van der Waals surface area contributed by atoms with Gasteiger partial charge in [-0.3, -0.25) is 9.69 Å². The van der Waals surface area contributed by atoms with Crippen molar-refractivity contribution in [3.63, 3.8) is 0 Å². The summed E-state index contributed by atoms with van der Waals surface area (Å²) >= 11 is 0. The monoisotopic (exact) mass is 326 g/mol. The largest absolute Gasteiger partial charge is 0.379 e. The van der Waals surface area contributed by atoms with Gasteiger partial charge in [-0.25, -0.2) is 8.42 Å². The van der Waals surface area contributed by atoms with Gasteiger partial charge in [0.1, 0.15) is 0 Å². The van der Waals surface area contributed by atoms with Crippen LogP contribution in [0.1, 0.15) is 16.8 Å². The molecule has 22 heavy (non-hydrogen) atoms. The van der Waals surface area contributed by atoms with E-state index in [2.05, 4.69) is 10.2 Å². The van der Waals surface area contributed by atoms with Crippen LogP contribution in [0.15, 0.2) is 29.2 Å². The van der Waals surface area contributed by atoms with E-state index in [1.54, 1.807) is 0 Å². The fraction of sp³-hybridized carbons (Fsp3) is 0.533. The third-order valence-corrected chi connectivity index (χ3v) is 4.71. The molecule has 0 spiro atoms. The summed E-state index contributed by atoms with van der Waals surface area (Å²) in [6, 6.07) is 5.98. The molecule has 1 aromatic rings. The zero-order chi connectivity index (χ0) is 16.0. The van der Waals surface area contributed by atoms with Gasteiger partial charge in [-0.15, -0.1) is 0 Å². The van der Waals surface area contributed by atoms with Crippen LogP contribution < -0.4 is 5.32 Å². The van der Waals surface area contributed by atoms with Gasteiger partial charge in [0.15, 0.2) is 9.84 Å². The van der Waals surface area contributed by atoms with E-state index in [0.29, 0.717) is 12.1 Å². The van der Waals surface area contributed by atoms with Gasteiger partial charge < -0.3 is 10.1 Å². The molecule has 0 bridgehead atoms. The number of carbonyl (C=O) groups excluding carboxylic acids is 1. The van der Waals surface area contributed by atoms with Crippen molar-refractivity contribution in [2.75, 3.05) is 45.6 Å². The molecular formula is C15H22N2O4S. The second-order valence-corrected chi connectivity index (χ2v) is 7.38. The fourth-order valence-corrected chi connectivity index (χ4v) is 2.92. The van der Waals surface area contributed by atoms with Crippen molar-refractivity contribution in [3.05, 3.63) is 29.8 Å². The molecule has 7 heteroatoms. The first-order valence-corrected chi connectivity index (χ1v) is 9.24. The Bertz CT molecular complexity index is 592. The van der Waals surface area contributed by atoms with Crippen molar-refractivity contribution < 1.29 is 17.9 Å². The van der Waals surface area contributed by atoms with E-state index < -0.39 is 9.84 Å². The van der Waals surface area contributed by atoms with E-state index in [4.69, 9.17) is 4.74 Å². The Balaban J connectivity index is 1.75. The second kappa shape index (κ2) is 7.71. The van der Waals surface area contributed by atoms with Crippen LogP contribution in [0.3, 0.4) is 0 Å². The third kappa shape index (κ3) is 5.08. The van der Waals surface area contributed by atoms with Crippen molar-refractivity contribution >= 4 is 15.7 Å². The summed E-state index contributed by atoms with van der Waals surface area (Å²) in [6.45, 7) is 4.99. The Labute approximate surface area is 131 Å². The molecule has 0 unspecified atom stereocenters. The van der Waals surface area contributed by atoms with Gasteiger partial charge in [0, 0.05) is 31.5 Å². The van der Waals surface area contributed by atoms with Crippen molar-refractivity contribution in [2.24, 2.45) is 0 Å². The molecule has 1 saturated heterocycles. The Morgan fingerprint density at radius 2 is 1.86 bits per heavy atom. The number of hydrogen-bond donors (Lipinski definition) is 1. The van der Waals surface area contributed by atoms with Gasteiger partial charge in [0.05, 0.1) is 18.1 Å². The van der Waals surface area contributed by atoms with E-state index in [1.807, 2.05) is 0 Å². The quantitative estimate of drug-likeness (QED) is 0.772. The van der Waals surface area contributed by atoms with Crippen LogP contribution >= 0.6 is 0 Å². The van der Waals surface area contributed by atoms with E-state index >= 15 is 0 Å². The normalized spacial score (nSPS) is 16.4. The van der Waals surface area contributed by atoms with Crippen LogP contribution in [-0.4, -0.2) is 64.9 Å². The minimum absolute atomic E-state index is 0.179. The molecule has 2 rings (SSSR count). The van der Waals surface area contributed by atoms with E-state index in [9.17, 15) is 13.2 Å². The van der Waals surface area contributed by atoms with Crippen LogP contribution in [0.5, 0.6) is 0 Å². The number of nitrogens with zero attached hydrogens (tertiary/aromatic N) is 1. The maximum Gasteiger partial charge on any atom is 0.251 e. The number of nitrogens with one attached hydrogen (secondary N) is 1. The van der Waals surface area contributed by atoms with Gasteiger partial charge in [-0.05, 0) is 37.2 Å². The molecule has 122 valence electrons. The number of rotatable bonds is 6. The predicted octanol–water partition coefficient (Wildman–Crippen LogP) is 0.542. The van der Waals surface area contributed by atoms with Gasteiger partial charge in [0.2, 0.25) is 0 Å². The number of hydrogen-bond acceptors (Lipinski definition) is 5. The fourth-order valence-electron chi connectivity index (χ4n) is 2.28. The van der Waals surface area contributed by atoms with Crippen LogP contribution in [0, 0.1) is 0 Å². The predicted molar refractivity (Wildman–Crippen MR) is 83.8 cm³/mol. The maximum atomic E-state index is 12.0. The Morgan fingerprint density at radius 3 is 2.45 bits per heavy atom. The van der Waals surface area contributed by atoms with E-state index in [-0.39, 0.29) is 10.8 Å². The summed E-state index contributed by atoms with van der Waals surface area (Å²) in [6.07, 6.45) is 2.03. The molecule has 0 saturated carbocycles. The minimum atomic E-state index is -3.23. The lowest BCUT2D eigenvalue weighted by Gasteiger charge is -2.26. The summed E-state index contributed by atoms with van der Waals surface area (Å²) in [7, 11) is -3.23. The number of benzene rings is 1. The lowest BCUT2D eigenvalue weighted by molar-refractivity contribution is 0.0374. The van der Waals surface area contributed by atoms with Crippen molar-refractivity contribution in [2.45, 2.75) is 11.3 Å². The maximum absolute atomic E-state index is 12.0. The summed E-state index contributed by atoms with van der Waals surface area (Å²) < 4.78 is 28.0. The number of ether oxygens (including phenoxy) is 1. The molecule has 6 nitrogen and oxygen atoms in total. The molecule has 1 aliphatic heterocycles. The summed E-state index contributed by atoms with van der Waals surface area (Å²) in [5, 5.41) is 2.85. The average molecular weight is 326 g/mol. The molecular weight excluding hydrogens is 304 g/mol. The second-order valence-electron chi connectivity index (χ2n) is 5.36. The smallest absolute Gasteiger partial charge is 0.251 e. The zero-order valence-electron chi connectivity index (χ0n) is 12.7. The molecule has 1 amide bonds. The van der Waals surface area contributed by atoms with Crippen LogP contribution in [0.25, 0.3) is 0 Å². The molecule has 1 aromatic carbocycles. The van der Waals surface area contributed by atoms with Gasteiger partial charge in [0.25, 0.3) is 5.91 Å². The summed E-state index contributed by atoms with van der Waals surface area (Å²) in [5.41, 5.74) is 0.471. The summed E-state index contributed by atoms with van der Waals surface area (Å²) in [5.74, 6) is -0.179. The number of sulfone groups is 1. The topological polar surface area (TPSA) is 75.7 Å². The molecule has 1 N–H and O–H groups in total. The van der Waals surface area contributed by atoms with E-state index in [1.165, 1.54) is 24.3 Å². The lowest BCUT2D eigenvalue weighted by atomic mass is 10.2. The molecule has 1 aliphatic rings. The van der Waals surface area contributed by atoms with Crippen molar-refractivity contribution in [3.8, 4) is 0 Å². The molecule has 0 radical (unpaired) electrons. The standard InChI is InChI=1S/C15H22N2O4S/c1-22(19,20)14-5-3-13(4-6-14)15(18)16-7-2-8-17-9-11-21-12-10-17/h3-6H,2,7-12H2,1H3,(H,16,18). The zero-order valence-corrected chi connectivity index (χ0v) is 13.6. The molecule has 1 fully saturated rings. The highest BCUT2D eigenvalue weighted by molar-refractivity contribution is 7.90. The van der Waals surface area contributed by atoms with Crippen LogP contribution in [-0.2, 0) is 14.6 Å². The van der Waals surface area contributed by atoms with Gasteiger partial charge in [-0.2, -0.15) is 0 Å². The van der Waals surface area contributed by atoms with Gasteiger partial charge in [-0.1, -0.05) is 0 Å². The molecule has 1 heterocycles. The third-order valence-electron chi connectivity index (χ3n) is 3.59. The highest BCUT2D eigenvalue weighted by Gasteiger charge is 2.11. The first-order valence-electron chi connectivity index (χ1n) is 7.35. The number of amides is 1. The van der Waals surface area contributed by atoms with Crippen molar-refractivity contribution in [1.82, 2.24) is 10.2 Å². The summed E-state index contributed by atoms with van der Waals surface area (Å²) in [4.78, 5) is 14.5. The van der Waals surface area contributed by atoms with Crippen LogP contribution in [0.2, 0.25) is 0 Å². The highest BCUT2D eigenvalue weighted by Crippen LogP contribution is 2.10. The molecule has 0 atom stereocenters. The highest BCUT2D eigenvalue weighted by atomic mass is 32.2. The number of carbonyl (C=O) groups is 1. The minimum Gasteiger partial charge on any atom is -0.379 e. The first-order chi connectivity index (χ1) is 10.5. The Morgan fingerprint density at radius 1 is 1.23 bits per heavy atom. The Kier molecular flexibility index (Phi) is 5.93. The van der Waals surface area contributed by atoms with Crippen LogP contribution in [0.4, 0.5) is 0 Å². The SMILES string of the molecule is CS(=O)(=O)c1ccc(C(=O)NCCCN2CCOCC2)cc1. The number of morpholine rings is 1. The lowest BCUT2D eigenvalue weighted by Crippen LogP contribution is -2.38. The van der Waals surface area contributed by atoms with E-state index in [0.717, 1.165) is 45.5 Å².